The van der Waals surface area contributed by atoms with E-state index in [-0.39, 0.29) is 0 Å². The van der Waals surface area contributed by atoms with Crippen LogP contribution < -0.4 is 0 Å². The summed E-state index contributed by atoms with van der Waals surface area (Å²) in [5.41, 5.74) is 7.20. The van der Waals surface area contributed by atoms with E-state index in [1.807, 2.05) is 6.92 Å². The average molecular weight is 335 g/mol. The van der Waals surface area contributed by atoms with Gasteiger partial charge in [0.05, 0.1) is 18.9 Å². The largest absolute Gasteiger partial charge is 0.379 e. The third-order valence-electron chi connectivity index (χ3n) is 4.96. The van der Waals surface area contributed by atoms with Gasteiger partial charge in [-0.15, -0.1) is 0 Å². The molecule has 2 aromatic heterocycles. The number of aromatic nitrogens is 2. The molecule has 4 nitrogen and oxygen atoms in total. The molecule has 1 aromatic carbocycles. The first-order valence-corrected chi connectivity index (χ1v) is 9.04. The maximum Gasteiger partial charge on any atom is 0.139 e. The van der Waals surface area contributed by atoms with Gasteiger partial charge in [-0.3, -0.25) is 4.90 Å². The van der Waals surface area contributed by atoms with Crippen LogP contribution in [-0.4, -0.2) is 47.1 Å². The average Bonchev–Trinajstić information content (AvgIpc) is 3.02. The van der Waals surface area contributed by atoms with Gasteiger partial charge in [0.2, 0.25) is 0 Å². The summed E-state index contributed by atoms with van der Waals surface area (Å²) in [7, 11) is 0. The standard InChI is InChI=1S/C21H25N3O/c1-16-13-20(15-24-14-17(2)22-21(16)24)19-5-3-18(4-6-19)7-8-23-9-11-25-12-10-23/h3-6,13-15H,7-12H2,1-2H3. The summed E-state index contributed by atoms with van der Waals surface area (Å²) in [5, 5.41) is 0. The van der Waals surface area contributed by atoms with Gasteiger partial charge in [-0.25, -0.2) is 4.98 Å². The van der Waals surface area contributed by atoms with Crippen molar-refractivity contribution >= 4 is 5.65 Å². The van der Waals surface area contributed by atoms with Crippen molar-refractivity contribution in [1.29, 1.82) is 0 Å². The molecule has 0 aliphatic carbocycles. The lowest BCUT2D eigenvalue weighted by Crippen LogP contribution is -2.37. The van der Waals surface area contributed by atoms with E-state index >= 15 is 0 Å². The molecule has 0 spiro atoms. The van der Waals surface area contributed by atoms with Gasteiger partial charge in [0.15, 0.2) is 0 Å². The number of aryl methyl sites for hydroxylation is 2. The van der Waals surface area contributed by atoms with Crippen LogP contribution in [0.25, 0.3) is 16.8 Å². The van der Waals surface area contributed by atoms with Gasteiger partial charge < -0.3 is 9.14 Å². The Morgan fingerprint density at radius 2 is 1.76 bits per heavy atom. The normalized spacial score (nSPS) is 15.8. The fourth-order valence-corrected chi connectivity index (χ4v) is 3.52. The first kappa shape index (κ1) is 16.3. The van der Waals surface area contributed by atoms with Gasteiger partial charge in [-0.1, -0.05) is 24.3 Å². The summed E-state index contributed by atoms with van der Waals surface area (Å²) in [5.74, 6) is 0. The number of benzene rings is 1. The molecule has 0 N–H and O–H groups in total. The van der Waals surface area contributed by atoms with Crippen LogP contribution in [0.1, 0.15) is 16.8 Å². The molecule has 1 saturated heterocycles. The van der Waals surface area contributed by atoms with E-state index in [9.17, 15) is 0 Å². The number of nitrogens with zero attached hydrogens (tertiary/aromatic N) is 3. The number of morpholine rings is 1. The highest BCUT2D eigenvalue weighted by atomic mass is 16.5. The van der Waals surface area contributed by atoms with Gasteiger partial charge in [-0.2, -0.15) is 0 Å². The molecule has 130 valence electrons. The van der Waals surface area contributed by atoms with E-state index < -0.39 is 0 Å². The molecule has 0 bridgehead atoms. The monoisotopic (exact) mass is 335 g/mol. The van der Waals surface area contributed by atoms with Crippen LogP contribution in [0.5, 0.6) is 0 Å². The Bertz CT molecular complexity index is 861. The lowest BCUT2D eigenvalue weighted by Gasteiger charge is -2.26. The van der Waals surface area contributed by atoms with Crippen LogP contribution in [0.4, 0.5) is 0 Å². The Hall–Kier alpha value is -2.17. The highest BCUT2D eigenvalue weighted by Crippen LogP contribution is 2.23. The summed E-state index contributed by atoms with van der Waals surface area (Å²) in [6.45, 7) is 9.13. The van der Waals surface area contributed by atoms with Crippen molar-refractivity contribution in [2.24, 2.45) is 0 Å². The van der Waals surface area contributed by atoms with Crippen molar-refractivity contribution in [3.8, 4) is 11.1 Å². The van der Waals surface area contributed by atoms with E-state index in [0.717, 1.165) is 50.6 Å². The fraction of sp³-hybridized carbons (Fsp3) is 0.381. The number of pyridine rings is 1. The summed E-state index contributed by atoms with van der Waals surface area (Å²) < 4.78 is 7.54. The molecule has 3 heterocycles. The topological polar surface area (TPSA) is 29.8 Å². The maximum atomic E-state index is 5.41. The second-order valence-corrected chi connectivity index (χ2v) is 6.93. The lowest BCUT2D eigenvalue weighted by molar-refractivity contribution is 0.0384. The van der Waals surface area contributed by atoms with Crippen LogP contribution in [-0.2, 0) is 11.2 Å². The minimum atomic E-state index is 0.870. The summed E-state index contributed by atoms with van der Waals surface area (Å²) in [6.07, 6.45) is 5.35. The predicted molar refractivity (Wildman–Crippen MR) is 101 cm³/mol. The highest BCUT2D eigenvalue weighted by Gasteiger charge is 2.10. The number of hydrogen-bond donors (Lipinski definition) is 0. The van der Waals surface area contributed by atoms with Gasteiger partial charge in [-0.05, 0) is 48.6 Å². The number of ether oxygens (including phenoxy) is 1. The van der Waals surface area contributed by atoms with Crippen molar-refractivity contribution in [2.75, 3.05) is 32.8 Å². The zero-order valence-electron chi connectivity index (χ0n) is 15.0. The first-order valence-electron chi connectivity index (χ1n) is 9.04. The van der Waals surface area contributed by atoms with Crippen molar-refractivity contribution in [3.05, 3.63) is 59.5 Å². The Kier molecular flexibility index (Phi) is 4.55. The SMILES string of the molecule is Cc1cn2cc(-c3ccc(CCN4CCOCC4)cc3)cc(C)c2n1. The molecule has 25 heavy (non-hydrogen) atoms. The van der Waals surface area contributed by atoms with Crippen LogP contribution in [0, 0.1) is 13.8 Å². The molecule has 0 unspecified atom stereocenters. The summed E-state index contributed by atoms with van der Waals surface area (Å²) in [6, 6.07) is 11.2. The minimum absolute atomic E-state index is 0.870. The third-order valence-corrected chi connectivity index (χ3v) is 4.96. The van der Waals surface area contributed by atoms with Gasteiger partial charge in [0.1, 0.15) is 5.65 Å². The summed E-state index contributed by atoms with van der Waals surface area (Å²) in [4.78, 5) is 7.06. The molecule has 1 fully saturated rings. The quantitative estimate of drug-likeness (QED) is 0.731. The number of rotatable bonds is 4. The predicted octanol–water partition coefficient (Wildman–Crippen LogP) is 3.49. The highest BCUT2D eigenvalue weighted by molar-refractivity contribution is 5.67. The second-order valence-electron chi connectivity index (χ2n) is 6.93. The number of imidazole rings is 1. The van der Waals surface area contributed by atoms with Gasteiger partial charge in [0, 0.05) is 32.0 Å². The number of fused-ring (bicyclic) bond motifs is 1. The molecule has 4 heteroatoms. The Labute approximate surface area is 149 Å². The van der Waals surface area contributed by atoms with Crippen LogP contribution in [0.2, 0.25) is 0 Å². The zero-order chi connectivity index (χ0) is 17.2. The Morgan fingerprint density at radius 1 is 1.00 bits per heavy atom. The Balaban J connectivity index is 1.49. The van der Waals surface area contributed by atoms with Crippen LogP contribution >= 0.6 is 0 Å². The molecule has 4 rings (SSSR count). The van der Waals surface area contributed by atoms with Gasteiger partial charge in [0.25, 0.3) is 0 Å². The maximum absolute atomic E-state index is 5.41. The van der Waals surface area contributed by atoms with Crippen LogP contribution in [0.15, 0.2) is 42.7 Å². The van der Waals surface area contributed by atoms with Gasteiger partial charge >= 0.3 is 0 Å². The fourth-order valence-electron chi connectivity index (χ4n) is 3.52. The van der Waals surface area contributed by atoms with E-state index in [0.29, 0.717) is 0 Å². The van der Waals surface area contributed by atoms with Crippen molar-refractivity contribution in [1.82, 2.24) is 14.3 Å². The Morgan fingerprint density at radius 3 is 2.52 bits per heavy atom. The first-order chi connectivity index (χ1) is 12.2. The van der Waals surface area contributed by atoms with E-state index in [2.05, 4.69) is 63.9 Å². The summed E-state index contributed by atoms with van der Waals surface area (Å²) >= 11 is 0. The second kappa shape index (κ2) is 6.98. The molecule has 0 saturated carbocycles. The molecule has 0 amide bonds. The zero-order valence-corrected chi connectivity index (χ0v) is 15.0. The van der Waals surface area contributed by atoms with Crippen LogP contribution in [0.3, 0.4) is 0 Å². The lowest BCUT2D eigenvalue weighted by atomic mass is 10.0. The molecule has 0 atom stereocenters. The molecule has 1 aliphatic rings. The van der Waals surface area contributed by atoms with Crippen molar-refractivity contribution < 1.29 is 4.74 Å². The third kappa shape index (κ3) is 3.60. The molecule has 1 aliphatic heterocycles. The van der Waals surface area contributed by atoms with E-state index in [1.165, 1.54) is 22.3 Å². The van der Waals surface area contributed by atoms with E-state index in [1.54, 1.807) is 0 Å². The van der Waals surface area contributed by atoms with Crippen molar-refractivity contribution in [3.63, 3.8) is 0 Å². The molecular weight excluding hydrogens is 310 g/mol. The smallest absolute Gasteiger partial charge is 0.139 e. The molecule has 3 aromatic rings. The number of hydrogen-bond acceptors (Lipinski definition) is 3. The minimum Gasteiger partial charge on any atom is -0.379 e. The van der Waals surface area contributed by atoms with E-state index in [4.69, 9.17) is 4.74 Å². The van der Waals surface area contributed by atoms with Crippen molar-refractivity contribution in [2.45, 2.75) is 20.3 Å². The molecular formula is C21H25N3O. The molecule has 0 radical (unpaired) electrons.